The normalized spacial score (nSPS) is 17.9. The molecular formula is C14H22N2O3S. The quantitative estimate of drug-likeness (QED) is 0.888. The van der Waals surface area contributed by atoms with E-state index in [0.717, 1.165) is 23.5 Å². The molecule has 1 amide bonds. The monoisotopic (exact) mass is 298 g/mol. The van der Waals surface area contributed by atoms with Crippen molar-refractivity contribution in [1.82, 2.24) is 9.88 Å². The summed E-state index contributed by atoms with van der Waals surface area (Å²) in [5.74, 6) is 0.0506. The highest BCUT2D eigenvalue weighted by atomic mass is 32.1. The number of aryl methyl sites for hydroxylation is 1. The Bertz CT molecular complexity index is 455. The topological polar surface area (TPSA) is 62.7 Å². The third-order valence-corrected chi connectivity index (χ3v) is 4.71. The first-order valence-corrected chi connectivity index (χ1v) is 7.76. The maximum atomic E-state index is 12.2. The van der Waals surface area contributed by atoms with Crippen molar-refractivity contribution >= 4 is 17.2 Å². The molecule has 5 nitrogen and oxygen atoms in total. The minimum Gasteiger partial charge on any atom is -0.396 e. The van der Waals surface area contributed by atoms with Gasteiger partial charge in [-0.15, -0.1) is 11.3 Å². The number of nitrogens with zero attached hydrogens (tertiary/aromatic N) is 2. The van der Waals surface area contributed by atoms with Crippen LogP contribution < -0.4 is 0 Å². The third-order valence-electron chi connectivity index (χ3n) is 3.89. The minimum atomic E-state index is -0.208. The number of carbonyl (C=O) groups is 1. The van der Waals surface area contributed by atoms with E-state index in [0.29, 0.717) is 26.2 Å². The molecule has 1 aliphatic rings. The molecule has 0 saturated carbocycles. The zero-order chi connectivity index (χ0) is 14.6. The Hall–Kier alpha value is -0.980. The smallest absolute Gasteiger partial charge is 0.228 e. The SMILES string of the molecule is Cc1nc(CC(=O)N(C)CC2(CO)CCOCC2)cs1. The molecule has 1 fully saturated rings. The Labute approximate surface area is 123 Å². The molecule has 2 rings (SSSR count). The predicted octanol–water partition coefficient (Wildman–Crippen LogP) is 1.24. The Kier molecular flexibility index (Phi) is 5.12. The zero-order valence-corrected chi connectivity index (χ0v) is 12.9. The maximum absolute atomic E-state index is 12.2. The number of aliphatic hydroxyl groups excluding tert-OH is 1. The summed E-state index contributed by atoms with van der Waals surface area (Å²) >= 11 is 1.56. The molecule has 1 aromatic heterocycles. The Morgan fingerprint density at radius 2 is 2.25 bits per heavy atom. The summed E-state index contributed by atoms with van der Waals surface area (Å²) in [6, 6.07) is 0. The first-order chi connectivity index (χ1) is 9.54. The summed E-state index contributed by atoms with van der Waals surface area (Å²) in [4.78, 5) is 18.3. The van der Waals surface area contributed by atoms with Crippen molar-refractivity contribution in [2.45, 2.75) is 26.2 Å². The van der Waals surface area contributed by atoms with E-state index in [4.69, 9.17) is 4.74 Å². The van der Waals surface area contributed by atoms with Crippen molar-refractivity contribution in [3.8, 4) is 0 Å². The van der Waals surface area contributed by atoms with Crippen LogP contribution in [0.1, 0.15) is 23.5 Å². The van der Waals surface area contributed by atoms with Gasteiger partial charge in [-0.2, -0.15) is 0 Å². The van der Waals surface area contributed by atoms with E-state index in [1.54, 1.807) is 23.3 Å². The van der Waals surface area contributed by atoms with Gasteiger partial charge in [0.05, 0.1) is 23.7 Å². The molecule has 0 unspecified atom stereocenters. The van der Waals surface area contributed by atoms with E-state index in [1.807, 2.05) is 12.3 Å². The largest absolute Gasteiger partial charge is 0.396 e. The first kappa shape index (κ1) is 15.4. The van der Waals surface area contributed by atoms with Crippen molar-refractivity contribution in [2.75, 3.05) is 33.4 Å². The highest BCUT2D eigenvalue weighted by Gasteiger charge is 2.34. The van der Waals surface area contributed by atoms with Gasteiger partial charge in [0.2, 0.25) is 5.91 Å². The number of aromatic nitrogens is 1. The zero-order valence-electron chi connectivity index (χ0n) is 12.1. The molecule has 1 aliphatic heterocycles. The van der Waals surface area contributed by atoms with Crippen LogP contribution in [0, 0.1) is 12.3 Å². The van der Waals surface area contributed by atoms with E-state index in [2.05, 4.69) is 4.98 Å². The van der Waals surface area contributed by atoms with Gasteiger partial charge in [-0.3, -0.25) is 4.79 Å². The number of rotatable bonds is 5. The molecule has 112 valence electrons. The number of amides is 1. The third kappa shape index (κ3) is 3.77. The number of ether oxygens (including phenoxy) is 1. The molecule has 1 aromatic rings. The fraction of sp³-hybridized carbons (Fsp3) is 0.714. The van der Waals surface area contributed by atoms with E-state index in [-0.39, 0.29) is 17.9 Å². The van der Waals surface area contributed by atoms with Gasteiger partial charge in [-0.25, -0.2) is 4.98 Å². The minimum absolute atomic E-state index is 0.0506. The molecule has 6 heteroatoms. The molecule has 1 saturated heterocycles. The lowest BCUT2D eigenvalue weighted by Gasteiger charge is -2.38. The van der Waals surface area contributed by atoms with Crippen LogP contribution in [0.15, 0.2) is 5.38 Å². The van der Waals surface area contributed by atoms with Gasteiger partial charge >= 0.3 is 0 Å². The molecule has 2 heterocycles. The van der Waals surface area contributed by atoms with Crippen molar-refractivity contribution < 1.29 is 14.6 Å². The Balaban J connectivity index is 1.92. The first-order valence-electron chi connectivity index (χ1n) is 6.88. The van der Waals surface area contributed by atoms with Crippen molar-refractivity contribution in [3.05, 3.63) is 16.1 Å². The average Bonchev–Trinajstić information content (AvgIpc) is 2.85. The molecule has 0 aromatic carbocycles. The lowest BCUT2D eigenvalue weighted by molar-refractivity contribution is -0.132. The molecule has 0 spiro atoms. The molecule has 20 heavy (non-hydrogen) atoms. The van der Waals surface area contributed by atoms with Crippen LogP contribution in [-0.4, -0.2) is 54.3 Å². The van der Waals surface area contributed by atoms with Gasteiger partial charge < -0.3 is 14.7 Å². The van der Waals surface area contributed by atoms with Gasteiger partial charge in [0.15, 0.2) is 0 Å². The van der Waals surface area contributed by atoms with Crippen LogP contribution in [0.4, 0.5) is 0 Å². The highest BCUT2D eigenvalue weighted by Crippen LogP contribution is 2.30. The fourth-order valence-corrected chi connectivity index (χ4v) is 3.15. The van der Waals surface area contributed by atoms with Gasteiger partial charge in [0.1, 0.15) is 0 Å². The summed E-state index contributed by atoms with van der Waals surface area (Å²) in [5, 5.41) is 12.6. The average molecular weight is 298 g/mol. The fourth-order valence-electron chi connectivity index (χ4n) is 2.54. The standard InChI is InChI=1S/C14H22N2O3S/c1-11-15-12(8-20-11)7-13(18)16(2)9-14(10-17)3-5-19-6-4-14/h8,17H,3-7,9-10H2,1-2H3. The summed E-state index contributed by atoms with van der Waals surface area (Å²) in [7, 11) is 1.80. The molecular weight excluding hydrogens is 276 g/mol. The molecule has 0 atom stereocenters. The number of thiazole rings is 1. The highest BCUT2D eigenvalue weighted by molar-refractivity contribution is 7.09. The van der Waals surface area contributed by atoms with E-state index < -0.39 is 0 Å². The van der Waals surface area contributed by atoms with E-state index in [9.17, 15) is 9.90 Å². The lowest BCUT2D eigenvalue weighted by Crippen LogP contribution is -2.45. The van der Waals surface area contributed by atoms with Crippen LogP contribution in [0.25, 0.3) is 0 Å². The number of carbonyl (C=O) groups excluding carboxylic acids is 1. The van der Waals surface area contributed by atoms with Gasteiger partial charge in [0, 0.05) is 37.6 Å². The number of hydrogen-bond acceptors (Lipinski definition) is 5. The molecule has 0 bridgehead atoms. The molecule has 1 N–H and O–H groups in total. The van der Waals surface area contributed by atoms with Crippen molar-refractivity contribution in [3.63, 3.8) is 0 Å². The van der Waals surface area contributed by atoms with E-state index >= 15 is 0 Å². The Morgan fingerprint density at radius 3 is 2.80 bits per heavy atom. The van der Waals surface area contributed by atoms with Crippen molar-refractivity contribution in [1.29, 1.82) is 0 Å². The second kappa shape index (κ2) is 6.65. The summed E-state index contributed by atoms with van der Waals surface area (Å²) in [6.45, 7) is 3.94. The lowest BCUT2D eigenvalue weighted by atomic mass is 9.80. The van der Waals surface area contributed by atoms with Crippen LogP contribution in [0.5, 0.6) is 0 Å². The second-order valence-electron chi connectivity index (χ2n) is 5.55. The summed E-state index contributed by atoms with van der Waals surface area (Å²) < 4.78 is 5.34. The number of likely N-dealkylation sites (N-methyl/N-ethyl adjacent to an activating group) is 1. The van der Waals surface area contributed by atoms with Gasteiger partial charge in [-0.05, 0) is 19.8 Å². The van der Waals surface area contributed by atoms with Gasteiger partial charge in [0.25, 0.3) is 0 Å². The summed E-state index contributed by atoms with van der Waals surface area (Å²) in [6.07, 6.45) is 1.94. The van der Waals surface area contributed by atoms with Crippen LogP contribution in [0.3, 0.4) is 0 Å². The Morgan fingerprint density at radius 1 is 1.55 bits per heavy atom. The second-order valence-corrected chi connectivity index (χ2v) is 6.62. The van der Waals surface area contributed by atoms with E-state index in [1.165, 1.54) is 0 Å². The van der Waals surface area contributed by atoms with Crippen LogP contribution in [0.2, 0.25) is 0 Å². The number of hydrogen-bond donors (Lipinski definition) is 1. The van der Waals surface area contributed by atoms with Gasteiger partial charge in [-0.1, -0.05) is 0 Å². The number of aliphatic hydroxyl groups is 1. The molecule has 0 radical (unpaired) electrons. The summed E-state index contributed by atoms with van der Waals surface area (Å²) in [5.41, 5.74) is 0.620. The maximum Gasteiger partial charge on any atom is 0.228 e. The van der Waals surface area contributed by atoms with Crippen LogP contribution in [-0.2, 0) is 16.0 Å². The molecule has 0 aliphatic carbocycles. The van der Waals surface area contributed by atoms with Crippen molar-refractivity contribution in [2.24, 2.45) is 5.41 Å². The van der Waals surface area contributed by atoms with Crippen LogP contribution >= 0.6 is 11.3 Å². The predicted molar refractivity (Wildman–Crippen MR) is 77.8 cm³/mol.